The fraction of sp³-hybridized carbons (Fsp3) is 0.412. The molecule has 2 heterocycles. The number of hydrogen-bond acceptors (Lipinski definition) is 3. The van der Waals surface area contributed by atoms with Crippen LogP contribution in [0.1, 0.15) is 42.9 Å². The normalized spacial score (nSPS) is 11.4. The van der Waals surface area contributed by atoms with E-state index in [2.05, 4.69) is 33.5 Å². The van der Waals surface area contributed by atoms with Crippen molar-refractivity contribution in [3.63, 3.8) is 0 Å². The fourth-order valence-corrected chi connectivity index (χ4v) is 3.28. The molecule has 0 amide bonds. The molecule has 2 aromatic heterocycles. The summed E-state index contributed by atoms with van der Waals surface area (Å²) in [5.41, 5.74) is 3.32. The maximum Gasteiger partial charge on any atom is 0.357 e. The minimum atomic E-state index is -0.326. The molecule has 6 heteroatoms. The zero-order valence-corrected chi connectivity index (χ0v) is 15.0. The second-order valence-corrected chi connectivity index (χ2v) is 5.95. The number of para-hydroxylation sites is 2. The van der Waals surface area contributed by atoms with Gasteiger partial charge in [-0.2, -0.15) is 0 Å². The van der Waals surface area contributed by atoms with Crippen LogP contribution in [0.25, 0.3) is 16.8 Å². The number of halogens is 1. The predicted octanol–water partition coefficient (Wildman–Crippen LogP) is 4.16. The van der Waals surface area contributed by atoms with Crippen molar-refractivity contribution in [1.29, 1.82) is 0 Å². The first-order chi connectivity index (χ1) is 11.2. The summed E-state index contributed by atoms with van der Waals surface area (Å²) in [6.45, 7) is 5.22. The monoisotopic (exact) mass is 377 g/mol. The number of carbonyl (C=O) groups excluding carboxylic acids is 1. The van der Waals surface area contributed by atoms with Crippen molar-refractivity contribution in [3.05, 3.63) is 35.7 Å². The van der Waals surface area contributed by atoms with Gasteiger partial charge < -0.3 is 9.30 Å². The Hall–Kier alpha value is -1.82. The smallest absolute Gasteiger partial charge is 0.357 e. The number of aromatic nitrogens is 3. The highest BCUT2D eigenvalue weighted by Crippen LogP contribution is 2.26. The Morgan fingerprint density at radius 2 is 2.00 bits per heavy atom. The van der Waals surface area contributed by atoms with Gasteiger partial charge in [0.2, 0.25) is 5.78 Å². The summed E-state index contributed by atoms with van der Waals surface area (Å²) in [6.07, 6.45) is 2.18. The van der Waals surface area contributed by atoms with Crippen molar-refractivity contribution in [2.24, 2.45) is 0 Å². The minimum absolute atomic E-state index is 0.326. The van der Waals surface area contributed by atoms with Crippen LogP contribution in [0.15, 0.2) is 24.3 Å². The molecule has 0 atom stereocenters. The lowest BCUT2D eigenvalue weighted by atomic mass is 10.3. The SMILES string of the molecule is CCCCn1c2ccccc2n2c(C(=O)OCC)c(CBr)nc12. The fourth-order valence-electron chi connectivity index (χ4n) is 2.89. The van der Waals surface area contributed by atoms with Gasteiger partial charge in [-0.3, -0.25) is 4.40 Å². The highest BCUT2D eigenvalue weighted by atomic mass is 79.9. The Balaban J connectivity index is 2.32. The van der Waals surface area contributed by atoms with Gasteiger partial charge in [0.15, 0.2) is 5.69 Å². The number of rotatable bonds is 6. The first kappa shape index (κ1) is 16.1. The number of esters is 1. The number of unbranched alkanes of at least 4 members (excludes halogenated alkanes) is 1. The molecule has 0 radical (unpaired) electrons. The zero-order valence-electron chi connectivity index (χ0n) is 13.4. The Labute approximate surface area is 143 Å². The molecule has 5 nitrogen and oxygen atoms in total. The van der Waals surface area contributed by atoms with E-state index in [4.69, 9.17) is 9.72 Å². The largest absolute Gasteiger partial charge is 0.461 e. The Morgan fingerprint density at radius 3 is 2.65 bits per heavy atom. The van der Waals surface area contributed by atoms with Crippen LogP contribution in [0, 0.1) is 0 Å². The van der Waals surface area contributed by atoms with E-state index in [1.165, 1.54) is 0 Å². The molecule has 0 aliphatic carbocycles. The molecule has 3 aromatic rings. The van der Waals surface area contributed by atoms with Crippen molar-refractivity contribution >= 4 is 38.7 Å². The molecule has 0 fully saturated rings. The average Bonchev–Trinajstić information content (AvgIpc) is 3.08. The van der Waals surface area contributed by atoms with E-state index in [1.54, 1.807) is 0 Å². The van der Waals surface area contributed by atoms with Crippen molar-refractivity contribution in [1.82, 2.24) is 14.0 Å². The highest BCUT2D eigenvalue weighted by Gasteiger charge is 2.24. The van der Waals surface area contributed by atoms with E-state index >= 15 is 0 Å². The number of imidazole rings is 2. The van der Waals surface area contributed by atoms with Crippen molar-refractivity contribution in [3.8, 4) is 0 Å². The number of benzene rings is 1. The highest BCUT2D eigenvalue weighted by molar-refractivity contribution is 9.08. The molecule has 0 aliphatic heterocycles. The summed E-state index contributed by atoms with van der Waals surface area (Å²) in [7, 11) is 0. The third-order valence-electron chi connectivity index (χ3n) is 3.92. The van der Waals surface area contributed by atoms with Gasteiger partial charge in [0, 0.05) is 11.9 Å². The van der Waals surface area contributed by atoms with Crippen LogP contribution in [0.4, 0.5) is 0 Å². The second kappa shape index (κ2) is 6.74. The van der Waals surface area contributed by atoms with Crippen LogP contribution in [-0.2, 0) is 16.6 Å². The van der Waals surface area contributed by atoms with Crippen molar-refractivity contribution < 1.29 is 9.53 Å². The topological polar surface area (TPSA) is 48.5 Å². The van der Waals surface area contributed by atoms with Crippen LogP contribution in [0.5, 0.6) is 0 Å². The number of nitrogens with zero attached hydrogens (tertiary/aromatic N) is 3. The number of alkyl halides is 1. The lowest BCUT2D eigenvalue weighted by Gasteiger charge is -2.03. The van der Waals surface area contributed by atoms with Gasteiger partial charge in [-0.1, -0.05) is 41.4 Å². The van der Waals surface area contributed by atoms with Gasteiger partial charge in [-0.05, 0) is 25.5 Å². The standard InChI is InChI=1S/C17H20BrN3O2/c1-3-5-10-20-13-8-6-7-9-14(13)21-15(16(22)23-4-2)12(11-18)19-17(20)21/h6-9H,3-5,10-11H2,1-2H3. The minimum Gasteiger partial charge on any atom is -0.461 e. The van der Waals surface area contributed by atoms with E-state index in [0.717, 1.165) is 41.9 Å². The number of carbonyl (C=O) groups is 1. The third kappa shape index (κ3) is 2.65. The second-order valence-electron chi connectivity index (χ2n) is 5.39. The molecule has 0 unspecified atom stereocenters. The van der Waals surface area contributed by atoms with Gasteiger partial charge in [-0.25, -0.2) is 9.78 Å². The van der Waals surface area contributed by atoms with Gasteiger partial charge in [0.25, 0.3) is 0 Å². The van der Waals surface area contributed by atoms with Crippen molar-refractivity contribution in [2.45, 2.75) is 38.6 Å². The van der Waals surface area contributed by atoms with Gasteiger partial charge in [0.05, 0.1) is 23.3 Å². The number of aryl methyl sites for hydroxylation is 1. The van der Waals surface area contributed by atoms with Crippen LogP contribution in [0.2, 0.25) is 0 Å². The summed E-state index contributed by atoms with van der Waals surface area (Å²) in [5, 5.41) is 0.519. The molecule has 0 saturated carbocycles. The number of fused-ring (bicyclic) bond motifs is 3. The van der Waals surface area contributed by atoms with E-state index < -0.39 is 0 Å². The molecule has 0 aliphatic rings. The molecule has 0 N–H and O–H groups in total. The van der Waals surface area contributed by atoms with Crippen LogP contribution in [0.3, 0.4) is 0 Å². The molecular weight excluding hydrogens is 358 g/mol. The lowest BCUT2D eigenvalue weighted by Crippen LogP contribution is -2.10. The van der Waals surface area contributed by atoms with E-state index in [-0.39, 0.29) is 5.97 Å². The van der Waals surface area contributed by atoms with E-state index in [0.29, 0.717) is 17.6 Å². The van der Waals surface area contributed by atoms with Crippen LogP contribution < -0.4 is 0 Å². The van der Waals surface area contributed by atoms with Gasteiger partial charge >= 0.3 is 5.97 Å². The van der Waals surface area contributed by atoms with Crippen LogP contribution >= 0.6 is 15.9 Å². The maximum absolute atomic E-state index is 12.5. The molecule has 0 spiro atoms. The van der Waals surface area contributed by atoms with Gasteiger partial charge in [-0.15, -0.1) is 0 Å². The molecule has 3 rings (SSSR count). The molecular formula is C17H20BrN3O2. The molecule has 23 heavy (non-hydrogen) atoms. The summed E-state index contributed by atoms with van der Waals surface area (Å²) >= 11 is 3.44. The Morgan fingerprint density at radius 1 is 1.26 bits per heavy atom. The lowest BCUT2D eigenvalue weighted by molar-refractivity contribution is 0.0517. The molecule has 0 bridgehead atoms. The number of hydrogen-bond donors (Lipinski definition) is 0. The van der Waals surface area contributed by atoms with E-state index in [9.17, 15) is 4.79 Å². The van der Waals surface area contributed by atoms with Crippen molar-refractivity contribution in [2.75, 3.05) is 6.61 Å². The molecule has 0 saturated heterocycles. The first-order valence-electron chi connectivity index (χ1n) is 7.94. The average molecular weight is 378 g/mol. The summed E-state index contributed by atoms with van der Waals surface area (Å²) in [6, 6.07) is 8.09. The number of ether oxygens (including phenoxy) is 1. The Bertz CT molecular complexity index is 850. The first-order valence-corrected chi connectivity index (χ1v) is 9.06. The van der Waals surface area contributed by atoms with Gasteiger partial charge in [0.1, 0.15) is 0 Å². The zero-order chi connectivity index (χ0) is 16.4. The predicted molar refractivity (Wildman–Crippen MR) is 94.2 cm³/mol. The quantitative estimate of drug-likeness (QED) is 0.478. The Kier molecular flexibility index (Phi) is 4.71. The van der Waals surface area contributed by atoms with E-state index in [1.807, 2.05) is 29.5 Å². The molecule has 1 aromatic carbocycles. The molecule has 122 valence electrons. The third-order valence-corrected chi connectivity index (χ3v) is 4.45. The summed E-state index contributed by atoms with van der Waals surface area (Å²) < 4.78 is 9.36. The maximum atomic E-state index is 12.5. The van der Waals surface area contributed by atoms with Crippen LogP contribution in [-0.4, -0.2) is 26.5 Å². The summed E-state index contributed by atoms with van der Waals surface area (Å²) in [5.74, 6) is 0.477. The summed E-state index contributed by atoms with van der Waals surface area (Å²) in [4.78, 5) is 17.2.